The Labute approximate surface area is 185 Å². The van der Waals surface area contributed by atoms with E-state index in [0.29, 0.717) is 35.4 Å². The minimum absolute atomic E-state index is 0.0353. The first kappa shape index (κ1) is 19.9. The van der Waals surface area contributed by atoms with Crippen molar-refractivity contribution in [2.75, 3.05) is 13.2 Å². The lowest BCUT2D eigenvalue weighted by Gasteiger charge is -2.09. The number of hydrogen-bond donors (Lipinski definition) is 2. The van der Waals surface area contributed by atoms with Crippen LogP contribution in [0.5, 0.6) is 5.88 Å². The van der Waals surface area contributed by atoms with Crippen LogP contribution in [-0.4, -0.2) is 43.6 Å². The second-order valence-corrected chi connectivity index (χ2v) is 7.43. The Morgan fingerprint density at radius 3 is 2.12 bits per heavy atom. The average molecular weight is 422 g/mol. The van der Waals surface area contributed by atoms with Gasteiger partial charge in [-0.2, -0.15) is 0 Å². The molecule has 5 aromatic rings. The van der Waals surface area contributed by atoms with E-state index in [1.807, 2.05) is 84.9 Å². The Morgan fingerprint density at radius 1 is 0.812 bits per heavy atom. The zero-order valence-corrected chi connectivity index (χ0v) is 17.4. The van der Waals surface area contributed by atoms with E-state index in [0.717, 1.165) is 22.3 Å². The molecule has 0 aliphatic rings. The number of aliphatic hydroxyl groups is 1. The van der Waals surface area contributed by atoms with Crippen LogP contribution in [-0.2, 0) is 0 Å². The Bertz CT molecular complexity index is 1410. The van der Waals surface area contributed by atoms with Crippen molar-refractivity contribution < 1.29 is 10.2 Å². The molecule has 6 heteroatoms. The summed E-state index contributed by atoms with van der Waals surface area (Å²) in [5, 5.41) is 20.8. The second kappa shape index (κ2) is 8.61. The van der Waals surface area contributed by atoms with Gasteiger partial charge >= 0.3 is 0 Å². The van der Waals surface area contributed by atoms with E-state index >= 15 is 0 Å². The van der Waals surface area contributed by atoms with Gasteiger partial charge in [-0.3, -0.25) is 9.56 Å². The molecule has 6 nitrogen and oxygen atoms in total. The fraction of sp³-hybridized carbons (Fsp3) is 0.115. The fourth-order valence-corrected chi connectivity index (χ4v) is 3.84. The molecule has 2 N–H and O–H groups in total. The van der Waals surface area contributed by atoms with E-state index in [1.54, 1.807) is 4.57 Å². The highest BCUT2D eigenvalue weighted by molar-refractivity contribution is 6.20. The number of rotatable bonds is 6. The van der Waals surface area contributed by atoms with Gasteiger partial charge in [-0.05, 0) is 30.7 Å². The van der Waals surface area contributed by atoms with Gasteiger partial charge in [-0.15, -0.1) is 0 Å². The fourth-order valence-electron chi connectivity index (χ4n) is 3.84. The van der Waals surface area contributed by atoms with Crippen LogP contribution in [0.15, 0.2) is 89.9 Å². The van der Waals surface area contributed by atoms with Gasteiger partial charge in [0, 0.05) is 18.7 Å². The summed E-state index contributed by atoms with van der Waals surface area (Å²) in [5.41, 5.74) is 5.45. The molecule has 0 radical (unpaired) electrons. The minimum Gasteiger partial charge on any atom is -0.494 e. The molecule has 0 aliphatic carbocycles. The molecule has 0 fully saturated rings. The van der Waals surface area contributed by atoms with Crippen LogP contribution in [0.4, 0.5) is 0 Å². The molecule has 0 unspecified atom stereocenters. The molecule has 3 aromatic carbocycles. The van der Waals surface area contributed by atoms with Gasteiger partial charge in [0.25, 0.3) is 0 Å². The van der Waals surface area contributed by atoms with E-state index < -0.39 is 0 Å². The average Bonchev–Trinajstić information content (AvgIpc) is 3.12. The second-order valence-electron chi connectivity index (χ2n) is 7.43. The molecule has 2 heterocycles. The maximum atomic E-state index is 11.5. The number of para-hydroxylation sites is 3. The standard InChI is InChI=1S/C26H22N4O2/c31-17-9-16-27-23(18-10-3-1-4-11-18)22-24-25(29-21-15-8-7-14-20(21)28-24)30(26(22)32)19-12-5-2-6-13-19/h1-8,10-15,31-32H,9,16-17H2. The predicted molar refractivity (Wildman–Crippen MR) is 127 cm³/mol. The molecule has 0 amide bonds. The molecule has 2 aromatic heterocycles. The SMILES string of the molecule is OCCCN=C(c1ccccc1)c1c(O)n(-c2ccccc2)c2nc3ccccc3nc12. The quantitative estimate of drug-likeness (QED) is 0.312. The summed E-state index contributed by atoms with van der Waals surface area (Å²) in [5.74, 6) is 0.0353. The molecule has 0 saturated carbocycles. The molecular formula is C26H22N4O2. The third kappa shape index (κ3) is 3.50. The molecule has 0 saturated heterocycles. The number of aromatic nitrogens is 3. The molecule has 0 bridgehead atoms. The number of aliphatic imine (C=N–C) groups is 1. The topological polar surface area (TPSA) is 83.5 Å². The number of benzene rings is 3. The summed E-state index contributed by atoms with van der Waals surface area (Å²) in [4.78, 5) is 14.5. The van der Waals surface area contributed by atoms with Crippen molar-refractivity contribution >= 4 is 27.9 Å². The lowest BCUT2D eigenvalue weighted by Crippen LogP contribution is -2.06. The Morgan fingerprint density at radius 2 is 1.44 bits per heavy atom. The minimum atomic E-state index is 0.0353. The van der Waals surface area contributed by atoms with Crippen LogP contribution in [0.1, 0.15) is 17.5 Å². The highest BCUT2D eigenvalue weighted by atomic mass is 16.3. The summed E-state index contributed by atoms with van der Waals surface area (Å²) in [6, 6.07) is 27.0. The summed E-state index contributed by atoms with van der Waals surface area (Å²) in [6.45, 7) is 0.479. The van der Waals surface area contributed by atoms with Gasteiger partial charge in [0.2, 0.25) is 5.88 Å². The van der Waals surface area contributed by atoms with Crippen molar-refractivity contribution in [1.82, 2.24) is 14.5 Å². The molecule has 32 heavy (non-hydrogen) atoms. The first-order chi connectivity index (χ1) is 15.8. The Balaban J connectivity index is 1.86. The molecular weight excluding hydrogens is 400 g/mol. The number of nitrogens with zero attached hydrogens (tertiary/aromatic N) is 4. The largest absolute Gasteiger partial charge is 0.494 e. The van der Waals surface area contributed by atoms with Crippen molar-refractivity contribution in [2.24, 2.45) is 4.99 Å². The van der Waals surface area contributed by atoms with Crippen molar-refractivity contribution in [2.45, 2.75) is 6.42 Å². The Kier molecular flexibility index (Phi) is 5.35. The lowest BCUT2D eigenvalue weighted by molar-refractivity contribution is 0.291. The van der Waals surface area contributed by atoms with Crippen molar-refractivity contribution in [3.63, 3.8) is 0 Å². The first-order valence-corrected chi connectivity index (χ1v) is 10.5. The van der Waals surface area contributed by atoms with Crippen molar-refractivity contribution in [1.29, 1.82) is 0 Å². The molecule has 158 valence electrons. The predicted octanol–water partition coefficient (Wildman–Crippen LogP) is 4.50. The van der Waals surface area contributed by atoms with E-state index in [1.165, 1.54) is 0 Å². The number of hydrogen-bond acceptors (Lipinski definition) is 5. The van der Waals surface area contributed by atoms with Crippen LogP contribution in [0.2, 0.25) is 0 Å². The molecule has 0 atom stereocenters. The zero-order valence-electron chi connectivity index (χ0n) is 17.4. The summed E-state index contributed by atoms with van der Waals surface area (Å²) in [6.07, 6.45) is 0.531. The van der Waals surface area contributed by atoms with Crippen LogP contribution < -0.4 is 0 Å². The van der Waals surface area contributed by atoms with E-state index in [-0.39, 0.29) is 12.5 Å². The highest BCUT2D eigenvalue weighted by Gasteiger charge is 2.25. The van der Waals surface area contributed by atoms with Crippen molar-refractivity contribution in [3.05, 3.63) is 96.1 Å². The number of aromatic hydroxyl groups is 1. The zero-order chi connectivity index (χ0) is 21.9. The molecule has 0 aliphatic heterocycles. The summed E-state index contributed by atoms with van der Waals surface area (Å²) >= 11 is 0. The van der Waals surface area contributed by atoms with Gasteiger partial charge in [-0.25, -0.2) is 9.97 Å². The smallest absolute Gasteiger partial charge is 0.209 e. The van der Waals surface area contributed by atoms with Crippen LogP contribution in [0.3, 0.4) is 0 Å². The number of aliphatic hydroxyl groups excluding tert-OH is 1. The van der Waals surface area contributed by atoms with Gasteiger partial charge in [0.1, 0.15) is 5.52 Å². The van der Waals surface area contributed by atoms with E-state index in [2.05, 4.69) is 0 Å². The third-order valence-electron chi connectivity index (χ3n) is 5.32. The summed E-state index contributed by atoms with van der Waals surface area (Å²) < 4.78 is 1.72. The first-order valence-electron chi connectivity index (χ1n) is 10.5. The monoisotopic (exact) mass is 422 g/mol. The van der Waals surface area contributed by atoms with Gasteiger partial charge < -0.3 is 10.2 Å². The Hall–Kier alpha value is -4.03. The van der Waals surface area contributed by atoms with Crippen LogP contribution >= 0.6 is 0 Å². The van der Waals surface area contributed by atoms with E-state index in [9.17, 15) is 10.2 Å². The maximum Gasteiger partial charge on any atom is 0.209 e. The van der Waals surface area contributed by atoms with E-state index in [4.69, 9.17) is 15.0 Å². The maximum absolute atomic E-state index is 11.5. The summed E-state index contributed by atoms with van der Waals surface area (Å²) in [7, 11) is 0. The normalized spacial score (nSPS) is 12.0. The lowest BCUT2D eigenvalue weighted by atomic mass is 10.0. The molecule has 5 rings (SSSR count). The van der Waals surface area contributed by atoms with Crippen LogP contribution in [0.25, 0.3) is 27.9 Å². The number of fused-ring (bicyclic) bond motifs is 2. The van der Waals surface area contributed by atoms with Crippen LogP contribution in [0, 0.1) is 0 Å². The molecule has 0 spiro atoms. The highest BCUT2D eigenvalue weighted by Crippen LogP contribution is 2.35. The van der Waals surface area contributed by atoms with Gasteiger partial charge in [0.15, 0.2) is 5.65 Å². The third-order valence-corrected chi connectivity index (χ3v) is 5.32. The van der Waals surface area contributed by atoms with Crippen molar-refractivity contribution in [3.8, 4) is 11.6 Å². The van der Waals surface area contributed by atoms with Gasteiger partial charge in [0.05, 0.1) is 28.0 Å². The van der Waals surface area contributed by atoms with Gasteiger partial charge in [-0.1, -0.05) is 60.7 Å².